The predicted octanol–water partition coefficient (Wildman–Crippen LogP) is 2.91. The topological polar surface area (TPSA) is 96.9 Å². The molecule has 0 fully saturated rings. The third kappa shape index (κ3) is 6.63. The van der Waals surface area contributed by atoms with Crippen LogP contribution < -0.4 is 15.4 Å². The van der Waals surface area contributed by atoms with Crippen molar-refractivity contribution in [1.82, 2.24) is 5.32 Å². The van der Waals surface area contributed by atoms with Gasteiger partial charge in [-0.1, -0.05) is 6.07 Å². The first-order valence-corrected chi connectivity index (χ1v) is 10.00. The molecule has 1 amide bonds. The van der Waals surface area contributed by atoms with Crippen molar-refractivity contribution in [2.24, 2.45) is 0 Å². The van der Waals surface area contributed by atoms with Crippen LogP contribution >= 0.6 is 11.3 Å². The molecule has 8 heteroatoms. The van der Waals surface area contributed by atoms with Crippen LogP contribution in [-0.2, 0) is 4.74 Å². The zero-order valence-electron chi connectivity index (χ0n) is 16.2. The Balaban J connectivity index is 2.13. The van der Waals surface area contributed by atoms with Crippen molar-refractivity contribution in [3.63, 3.8) is 0 Å². The first-order valence-electron chi connectivity index (χ1n) is 9.12. The molecule has 0 aliphatic carbocycles. The van der Waals surface area contributed by atoms with Crippen molar-refractivity contribution in [1.29, 1.82) is 0 Å². The van der Waals surface area contributed by atoms with Gasteiger partial charge < -0.3 is 25.2 Å². The standard InChI is InChI=1S/C20H26N2O5S/c1-4-26-20(25)16-10-15(22-19(24)18-6-5-9-28-18)7-8-17(16)27-14(3)12-21-11-13(2)23/h5-10,13-14,21,23H,4,11-12H2,1-3H3,(H,22,24). The maximum Gasteiger partial charge on any atom is 0.341 e. The van der Waals surface area contributed by atoms with E-state index < -0.39 is 12.1 Å². The summed E-state index contributed by atoms with van der Waals surface area (Å²) < 4.78 is 11.0. The van der Waals surface area contributed by atoms with Gasteiger partial charge in [0, 0.05) is 18.8 Å². The lowest BCUT2D eigenvalue weighted by Crippen LogP contribution is -2.33. The van der Waals surface area contributed by atoms with Crippen molar-refractivity contribution in [3.05, 3.63) is 46.2 Å². The molecule has 2 rings (SSSR count). The highest BCUT2D eigenvalue weighted by molar-refractivity contribution is 7.12. The lowest BCUT2D eigenvalue weighted by molar-refractivity contribution is 0.0519. The van der Waals surface area contributed by atoms with E-state index in [1.54, 1.807) is 44.2 Å². The van der Waals surface area contributed by atoms with Gasteiger partial charge in [0.25, 0.3) is 5.91 Å². The van der Waals surface area contributed by atoms with Crippen molar-refractivity contribution < 1.29 is 24.2 Å². The molecule has 0 aliphatic heterocycles. The third-order valence-corrected chi connectivity index (χ3v) is 4.55. The predicted molar refractivity (Wildman–Crippen MR) is 109 cm³/mol. The van der Waals surface area contributed by atoms with E-state index in [2.05, 4.69) is 10.6 Å². The fraction of sp³-hybridized carbons (Fsp3) is 0.400. The fourth-order valence-electron chi connectivity index (χ4n) is 2.43. The first kappa shape index (κ1) is 21.9. The Hall–Kier alpha value is -2.42. The van der Waals surface area contributed by atoms with Crippen LogP contribution in [0.1, 0.15) is 40.8 Å². The molecule has 0 radical (unpaired) electrons. The average molecular weight is 407 g/mol. The largest absolute Gasteiger partial charge is 0.488 e. The molecule has 0 saturated carbocycles. The molecule has 1 aromatic carbocycles. The number of carbonyl (C=O) groups is 2. The van der Waals surface area contributed by atoms with Crippen LogP contribution in [0, 0.1) is 0 Å². The molecule has 2 atom stereocenters. The molecular formula is C20H26N2O5S. The molecule has 1 heterocycles. The van der Waals surface area contributed by atoms with Gasteiger partial charge in [-0.3, -0.25) is 4.79 Å². The van der Waals surface area contributed by atoms with Crippen molar-refractivity contribution in [2.45, 2.75) is 33.0 Å². The van der Waals surface area contributed by atoms with Crippen molar-refractivity contribution in [3.8, 4) is 5.75 Å². The molecule has 0 spiro atoms. The molecule has 2 unspecified atom stereocenters. The first-order chi connectivity index (χ1) is 13.4. The molecule has 0 aliphatic rings. The molecule has 3 N–H and O–H groups in total. The maximum absolute atomic E-state index is 12.4. The number of amides is 1. The third-order valence-electron chi connectivity index (χ3n) is 3.68. The van der Waals surface area contributed by atoms with Crippen LogP contribution in [0.25, 0.3) is 0 Å². The highest BCUT2D eigenvalue weighted by Crippen LogP contribution is 2.25. The quantitative estimate of drug-likeness (QED) is 0.525. The summed E-state index contributed by atoms with van der Waals surface area (Å²) in [6.07, 6.45) is -0.688. The van der Waals surface area contributed by atoms with Gasteiger partial charge >= 0.3 is 5.97 Å². The van der Waals surface area contributed by atoms with E-state index in [-0.39, 0.29) is 24.2 Å². The SMILES string of the molecule is CCOC(=O)c1cc(NC(=O)c2cccs2)ccc1OC(C)CNCC(C)O. The Bertz CT molecular complexity index is 777. The number of aliphatic hydroxyl groups is 1. The van der Waals surface area contributed by atoms with Gasteiger partial charge in [-0.2, -0.15) is 0 Å². The number of esters is 1. The lowest BCUT2D eigenvalue weighted by atomic mass is 10.1. The van der Waals surface area contributed by atoms with E-state index in [4.69, 9.17) is 9.47 Å². The molecule has 0 saturated heterocycles. The van der Waals surface area contributed by atoms with Crippen LogP contribution in [0.15, 0.2) is 35.7 Å². The summed E-state index contributed by atoms with van der Waals surface area (Å²) in [6.45, 7) is 6.46. The molecule has 2 aromatic rings. The second kappa shape index (κ2) is 10.8. The number of hydrogen-bond donors (Lipinski definition) is 3. The van der Waals surface area contributed by atoms with Crippen LogP contribution in [0.2, 0.25) is 0 Å². The molecule has 0 bridgehead atoms. The number of aliphatic hydroxyl groups excluding tert-OH is 1. The Labute approximate surface area is 168 Å². The van der Waals surface area contributed by atoms with Gasteiger partial charge in [0.15, 0.2) is 0 Å². The number of carbonyl (C=O) groups excluding carboxylic acids is 2. The van der Waals surface area contributed by atoms with Gasteiger partial charge in [-0.05, 0) is 50.4 Å². The van der Waals surface area contributed by atoms with Crippen molar-refractivity contribution >= 4 is 28.9 Å². The average Bonchev–Trinajstić information content (AvgIpc) is 3.17. The summed E-state index contributed by atoms with van der Waals surface area (Å²) in [5, 5.41) is 17.0. The fourth-order valence-corrected chi connectivity index (χ4v) is 3.05. The molecular weight excluding hydrogens is 380 g/mol. The van der Waals surface area contributed by atoms with Crippen molar-refractivity contribution in [2.75, 3.05) is 25.0 Å². The van der Waals surface area contributed by atoms with E-state index in [0.29, 0.717) is 29.4 Å². The van der Waals surface area contributed by atoms with Crippen LogP contribution in [0.5, 0.6) is 5.75 Å². The number of ether oxygens (including phenoxy) is 2. The van der Waals surface area contributed by atoms with E-state index in [9.17, 15) is 14.7 Å². The smallest absolute Gasteiger partial charge is 0.341 e. The summed E-state index contributed by atoms with van der Waals surface area (Å²) in [6, 6.07) is 8.40. The van der Waals surface area contributed by atoms with Gasteiger partial charge in [-0.25, -0.2) is 4.79 Å². The highest BCUT2D eigenvalue weighted by atomic mass is 32.1. The Kier molecular flexibility index (Phi) is 8.43. The van der Waals surface area contributed by atoms with E-state index in [1.807, 2.05) is 12.3 Å². The molecule has 7 nitrogen and oxygen atoms in total. The summed E-state index contributed by atoms with van der Waals surface area (Å²) in [4.78, 5) is 25.2. The Morgan fingerprint density at radius 2 is 2.00 bits per heavy atom. The lowest BCUT2D eigenvalue weighted by Gasteiger charge is -2.19. The Morgan fingerprint density at radius 1 is 1.21 bits per heavy atom. The van der Waals surface area contributed by atoms with E-state index >= 15 is 0 Å². The monoisotopic (exact) mass is 406 g/mol. The second-order valence-electron chi connectivity index (χ2n) is 6.30. The number of thiophene rings is 1. The summed E-state index contributed by atoms with van der Waals surface area (Å²) in [7, 11) is 0. The number of rotatable bonds is 10. The normalized spacial score (nSPS) is 12.9. The summed E-state index contributed by atoms with van der Waals surface area (Å²) in [5.74, 6) is -0.387. The summed E-state index contributed by atoms with van der Waals surface area (Å²) in [5.41, 5.74) is 0.724. The molecule has 152 valence electrons. The van der Waals surface area contributed by atoms with Gasteiger partial charge in [0.2, 0.25) is 0 Å². The molecule has 28 heavy (non-hydrogen) atoms. The minimum Gasteiger partial charge on any atom is -0.488 e. The minimum absolute atomic E-state index is 0.232. The van der Waals surface area contributed by atoms with E-state index in [1.165, 1.54) is 11.3 Å². The Morgan fingerprint density at radius 3 is 2.64 bits per heavy atom. The zero-order chi connectivity index (χ0) is 20.5. The van der Waals surface area contributed by atoms with Gasteiger partial charge in [0.05, 0.1) is 17.6 Å². The number of nitrogens with one attached hydrogen (secondary N) is 2. The molecule has 1 aromatic heterocycles. The second-order valence-corrected chi connectivity index (χ2v) is 7.25. The van der Waals surface area contributed by atoms with Gasteiger partial charge in [-0.15, -0.1) is 11.3 Å². The van der Waals surface area contributed by atoms with Crippen LogP contribution in [-0.4, -0.2) is 48.9 Å². The van der Waals surface area contributed by atoms with E-state index in [0.717, 1.165) is 0 Å². The van der Waals surface area contributed by atoms with Crippen LogP contribution in [0.3, 0.4) is 0 Å². The zero-order valence-corrected chi connectivity index (χ0v) is 17.0. The highest BCUT2D eigenvalue weighted by Gasteiger charge is 2.18. The number of benzene rings is 1. The number of anilines is 1. The number of hydrogen-bond acceptors (Lipinski definition) is 7. The van der Waals surface area contributed by atoms with Gasteiger partial charge in [0.1, 0.15) is 17.4 Å². The van der Waals surface area contributed by atoms with Crippen LogP contribution in [0.4, 0.5) is 5.69 Å². The maximum atomic E-state index is 12.4. The summed E-state index contributed by atoms with van der Waals surface area (Å²) >= 11 is 1.34. The minimum atomic E-state index is -0.520.